The Morgan fingerprint density at radius 3 is 2.64 bits per heavy atom. The predicted molar refractivity (Wildman–Crippen MR) is 117 cm³/mol. The van der Waals surface area contributed by atoms with E-state index in [9.17, 15) is 9.59 Å². The molecule has 0 radical (unpaired) electrons. The Hall–Kier alpha value is -2.77. The lowest BCUT2D eigenvalue weighted by atomic mass is 10.2. The molecule has 2 heterocycles. The van der Waals surface area contributed by atoms with Crippen LogP contribution in [-0.4, -0.2) is 24.1 Å². The number of hydrogen-bond donors (Lipinski definition) is 1. The first-order chi connectivity index (χ1) is 13.6. The molecule has 4 rings (SSSR count). The maximum Gasteiger partial charge on any atom is 0.244 e. The van der Waals surface area contributed by atoms with Crippen LogP contribution in [0.15, 0.2) is 75.5 Å². The SMILES string of the molecule is O=C(CN1C(=O)CC(c2cccs2)=Nc2ccccc21)Nc1ccc(Br)cc1. The summed E-state index contributed by atoms with van der Waals surface area (Å²) < 4.78 is 0.931. The Morgan fingerprint density at radius 2 is 1.89 bits per heavy atom. The van der Waals surface area contributed by atoms with Crippen molar-refractivity contribution < 1.29 is 9.59 Å². The van der Waals surface area contributed by atoms with E-state index >= 15 is 0 Å². The van der Waals surface area contributed by atoms with Gasteiger partial charge >= 0.3 is 0 Å². The number of nitrogens with one attached hydrogen (secondary N) is 1. The van der Waals surface area contributed by atoms with E-state index in [2.05, 4.69) is 21.2 Å². The number of rotatable bonds is 4. The molecule has 2 amide bonds. The van der Waals surface area contributed by atoms with E-state index in [1.165, 1.54) is 4.90 Å². The molecule has 140 valence electrons. The van der Waals surface area contributed by atoms with Gasteiger partial charge in [-0.25, -0.2) is 4.99 Å². The monoisotopic (exact) mass is 453 g/mol. The molecule has 1 aliphatic heterocycles. The molecule has 0 spiro atoms. The van der Waals surface area contributed by atoms with Gasteiger partial charge in [-0.2, -0.15) is 0 Å². The van der Waals surface area contributed by atoms with Crippen molar-refractivity contribution in [3.05, 3.63) is 75.4 Å². The fraction of sp³-hybridized carbons (Fsp3) is 0.0952. The second kappa shape index (κ2) is 8.08. The number of thiophene rings is 1. The largest absolute Gasteiger partial charge is 0.325 e. The van der Waals surface area contributed by atoms with Crippen molar-refractivity contribution in [1.29, 1.82) is 0 Å². The van der Waals surface area contributed by atoms with Gasteiger partial charge in [-0.3, -0.25) is 9.59 Å². The number of carbonyl (C=O) groups excluding carboxylic acids is 2. The van der Waals surface area contributed by atoms with Crippen molar-refractivity contribution in [3.63, 3.8) is 0 Å². The fourth-order valence-corrected chi connectivity index (χ4v) is 3.96. The van der Waals surface area contributed by atoms with E-state index in [0.29, 0.717) is 17.1 Å². The van der Waals surface area contributed by atoms with Crippen LogP contribution in [0.2, 0.25) is 0 Å². The minimum Gasteiger partial charge on any atom is -0.325 e. The molecular weight excluding hydrogens is 438 g/mol. The van der Waals surface area contributed by atoms with Gasteiger partial charge in [0.1, 0.15) is 6.54 Å². The summed E-state index contributed by atoms with van der Waals surface area (Å²) in [5.74, 6) is -0.409. The summed E-state index contributed by atoms with van der Waals surface area (Å²) in [6.45, 7) is -0.0703. The third kappa shape index (κ3) is 4.05. The number of halogens is 1. The quantitative estimate of drug-likeness (QED) is 0.603. The minimum absolute atomic E-state index is 0.0703. The van der Waals surface area contributed by atoms with Crippen LogP contribution in [-0.2, 0) is 9.59 Å². The van der Waals surface area contributed by atoms with E-state index in [4.69, 9.17) is 4.99 Å². The van der Waals surface area contributed by atoms with Crippen LogP contribution < -0.4 is 10.2 Å². The number of amides is 2. The molecule has 1 aromatic heterocycles. The smallest absolute Gasteiger partial charge is 0.244 e. The van der Waals surface area contributed by atoms with Crippen molar-refractivity contribution >= 4 is 61.9 Å². The molecule has 3 aromatic rings. The predicted octanol–water partition coefficient (Wildman–Crippen LogP) is 5.01. The molecule has 2 aromatic carbocycles. The van der Waals surface area contributed by atoms with Gasteiger partial charge < -0.3 is 10.2 Å². The Bertz CT molecular complexity index is 1050. The van der Waals surface area contributed by atoms with Gasteiger partial charge in [-0.1, -0.05) is 34.1 Å². The summed E-state index contributed by atoms with van der Waals surface area (Å²) in [6, 6.07) is 18.6. The second-order valence-corrected chi connectivity index (χ2v) is 8.10. The van der Waals surface area contributed by atoms with Gasteiger partial charge in [-0.15, -0.1) is 11.3 Å². The topological polar surface area (TPSA) is 61.8 Å². The van der Waals surface area contributed by atoms with Crippen LogP contribution in [0, 0.1) is 0 Å². The first-order valence-corrected chi connectivity index (χ1v) is 10.3. The van der Waals surface area contributed by atoms with E-state index in [1.54, 1.807) is 23.5 Å². The lowest BCUT2D eigenvalue weighted by Crippen LogP contribution is -2.38. The molecule has 0 unspecified atom stereocenters. The molecule has 0 bridgehead atoms. The fourth-order valence-electron chi connectivity index (χ4n) is 2.98. The number of benzene rings is 2. The molecule has 0 saturated carbocycles. The minimum atomic E-state index is -0.259. The highest BCUT2D eigenvalue weighted by molar-refractivity contribution is 9.10. The Balaban J connectivity index is 1.59. The van der Waals surface area contributed by atoms with Gasteiger partial charge in [0.05, 0.1) is 23.5 Å². The van der Waals surface area contributed by atoms with Crippen LogP contribution in [0.25, 0.3) is 0 Å². The molecule has 0 fully saturated rings. The molecule has 0 aliphatic carbocycles. The Morgan fingerprint density at radius 1 is 1.11 bits per heavy atom. The summed E-state index contributed by atoms with van der Waals surface area (Å²) in [7, 11) is 0. The van der Waals surface area contributed by atoms with Crippen LogP contribution in [0.3, 0.4) is 0 Å². The number of hydrogen-bond acceptors (Lipinski definition) is 4. The van der Waals surface area contributed by atoms with Gasteiger partial charge in [0, 0.05) is 15.0 Å². The van der Waals surface area contributed by atoms with E-state index in [1.807, 2.05) is 53.9 Å². The van der Waals surface area contributed by atoms with Crippen molar-refractivity contribution in [2.45, 2.75) is 6.42 Å². The normalized spacial score (nSPS) is 13.5. The number of para-hydroxylation sites is 2. The number of carbonyl (C=O) groups is 2. The summed E-state index contributed by atoms with van der Waals surface area (Å²) in [4.78, 5) is 32.8. The third-order valence-electron chi connectivity index (χ3n) is 4.28. The molecule has 0 atom stereocenters. The Labute approximate surface area is 174 Å². The average Bonchev–Trinajstić information content (AvgIpc) is 3.18. The highest BCUT2D eigenvalue weighted by Crippen LogP contribution is 2.33. The van der Waals surface area contributed by atoms with E-state index in [0.717, 1.165) is 15.1 Å². The molecular formula is C21H16BrN3O2S. The maximum atomic E-state index is 13.0. The van der Waals surface area contributed by atoms with Crippen LogP contribution in [0.1, 0.15) is 11.3 Å². The van der Waals surface area contributed by atoms with E-state index in [-0.39, 0.29) is 24.8 Å². The molecule has 1 aliphatic rings. The second-order valence-electron chi connectivity index (χ2n) is 6.24. The van der Waals surface area contributed by atoms with Crippen molar-refractivity contribution in [2.75, 3.05) is 16.8 Å². The lowest BCUT2D eigenvalue weighted by molar-refractivity contribution is -0.120. The number of nitrogens with zero attached hydrogens (tertiary/aromatic N) is 2. The number of aliphatic imine (C=N–C) groups is 1. The van der Waals surface area contributed by atoms with Crippen LogP contribution in [0.5, 0.6) is 0 Å². The zero-order valence-corrected chi connectivity index (χ0v) is 17.2. The van der Waals surface area contributed by atoms with Gasteiger partial charge in [0.2, 0.25) is 11.8 Å². The average molecular weight is 454 g/mol. The van der Waals surface area contributed by atoms with Crippen LogP contribution >= 0.6 is 27.3 Å². The first-order valence-electron chi connectivity index (χ1n) is 8.66. The summed E-state index contributed by atoms with van der Waals surface area (Å²) >= 11 is 4.92. The van der Waals surface area contributed by atoms with Crippen molar-refractivity contribution in [3.8, 4) is 0 Å². The van der Waals surface area contributed by atoms with Crippen LogP contribution in [0.4, 0.5) is 17.1 Å². The first kappa shape index (κ1) is 18.6. The standard InChI is InChI=1S/C21H16BrN3O2S/c22-14-7-9-15(10-8-14)23-20(26)13-25-18-5-2-1-4-16(18)24-17(12-21(25)27)19-6-3-11-28-19/h1-11H,12-13H2,(H,23,26). The summed E-state index contributed by atoms with van der Waals surface area (Å²) in [5.41, 5.74) is 2.74. The molecule has 1 N–H and O–H groups in total. The third-order valence-corrected chi connectivity index (χ3v) is 5.73. The highest BCUT2D eigenvalue weighted by Gasteiger charge is 2.26. The van der Waals surface area contributed by atoms with E-state index < -0.39 is 0 Å². The summed E-state index contributed by atoms with van der Waals surface area (Å²) in [6.07, 6.45) is 0.154. The highest BCUT2D eigenvalue weighted by atomic mass is 79.9. The van der Waals surface area contributed by atoms with Crippen molar-refractivity contribution in [2.24, 2.45) is 4.99 Å². The van der Waals surface area contributed by atoms with Crippen molar-refractivity contribution in [1.82, 2.24) is 0 Å². The molecule has 0 saturated heterocycles. The van der Waals surface area contributed by atoms with Gasteiger partial charge in [0.15, 0.2) is 0 Å². The lowest BCUT2D eigenvalue weighted by Gasteiger charge is -2.21. The maximum absolute atomic E-state index is 13.0. The van der Waals surface area contributed by atoms with Gasteiger partial charge in [-0.05, 0) is 47.8 Å². The zero-order valence-electron chi connectivity index (χ0n) is 14.8. The Kier molecular flexibility index (Phi) is 5.36. The summed E-state index contributed by atoms with van der Waals surface area (Å²) in [5, 5.41) is 4.80. The zero-order chi connectivity index (χ0) is 19.5. The molecule has 28 heavy (non-hydrogen) atoms. The molecule has 5 nitrogen and oxygen atoms in total. The van der Waals surface area contributed by atoms with Gasteiger partial charge in [0.25, 0.3) is 0 Å². The number of anilines is 2. The molecule has 7 heteroatoms. The number of fused-ring (bicyclic) bond motifs is 1.